The van der Waals surface area contributed by atoms with Crippen LogP contribution in [0.15, 0.2) is 47.1 Å². The molecule has 20 heavy (non-hydrogen) atoms. The van der Waals surface area contributed by atoms with Crippen LogP contribution in [0.3, 0.4) is 0 Å². The van der Waals surface area contributed by atoms with E-state index in [1.807, 2.05) is 0 Å². The van der Waals surface area contributed by atoms with E-state index in [0.717, 1.165) is 4.47 Å². The monoisotopic (exact) mass is 365 g/mol. The molecule has 0 saturated heterocycles. The van der Waals surface area contributed by atoms with Gasteiger partial charge in [0.2, 0.25) is 0 Å². The number of halogens is 5. The first-order chi connectivity index (χ1) is 9.35. The van der Waals surface area contributed by atoms with Gasteiger partial charge in [0.25, 0.3) is 0 Å². The molecular weight excluding hydrogens is 359 g/mol. The van der Waals surface area contributed by atoms with Crippen molar-refractivity contribution in [2.24, 2.45) is 0 Å². The number of alkyl halides is 4. The molecule has 0 saturated carbocycles. The third-order valence-corrected chi connectivity index (χ3v) is 3.36. The molecule has 0 radical (unpaired) electrons. The Bertz CT molecular complexity index is 572. The van der Waals surface area contributed by atoms with Crippen LogP contribution < -0.4 is 4.74 Å². The van der Waals surface area contributed by atoms with Crippen molar-refractivity contribution < 1.29 is 17.9 Å². The molecule has 106 valence electrons. The Hall–Kier alpha value is -1.27. The molecule has 0 bridgehead atoms. The highest BCUT2D eigenvalue weighted by molar-refractivity contribution is 9.10. The average molecular weight is 367 g/mol. The van der Waals surface area contributed by atoms with Crippen molar-refractivity contribution in [2.75, 3.05) is 0 Å². The minimum atomic E-state index is -4.70. The maximum atomic E-state index is 12.0. The minimum absolute atomic E-state index is 0.283. The van der Waals surface area contributed by atoms with Gasteiger partial charge in [0.15, 0.2) is 0 Å². The zero-order valence-corrected chi connectivity index (χ0v) is 12.2. The maximum Gasteiger partial charge on any atom is 0.573 e. The Labute approximate surface area is 126 Å². The summed E-state index contributed by atoms with van der Waals surface area (Å²) in [6.45, 7) is 0. The van der Waals surface area contributed by atoms with Gasteiger partial charge in [-0.1, -0.05) is 12.1 Å². The van der Waals surface area contributed by atoms with Crippen LogP contribution in [0, 0.1) is 0 Å². The summed E-state index contributed by atoms with van der Waals surface area (Å²) in [6, 6.07) is 8.92. The van der Waals surface area contributed by atoms with Crippen molar-refractivity contribution in [1.29, 1.82) is 0 Å². The second kappa shape index (κ2) is 6.01. The molecular formula is C13H8BrClF3NO. The Morgan fingerprint density at radius 1 is 1.10 bits per heavy atom. The predicted octanol–water partition coefficient (Wildman–Crippen LogP) is 5.07. The Balaban J connectivity index is 2.15. The van der Waals surface area contributed by atoms with Gasteiger partial charge in [-0.25, -0.2) is 0 Å². The van der Waals surface area contributed by atoms with Crippen molar-refractivity contribution in [3.05, 3.63) is 58.3 Å². The Morgan fingerprint density at radius 2 is 1.75 bits per heavy atom. The van der Waals surface area contributed by atoms with Gasteiger partial charge in [-0.2, -0.15) is 0 Å². The molecule has 2 rings (SSSR count). The summed E-state index contributed by atoms with van der Waals surface area (Å²) >= 11 is 9.49. The topological polar surface area (TPSA) is 22.1 Å². The van der Waals surface area contributed by atoms with Crippen molar-refractivity contribution in [3.8, 4) is 5.75 Å². The van der Waals surface area contributed by atoms with Gasteiger partial charge in [-0.05, 0) is 45.8 Å². The van der Waals surface area contributed by atoms with Crippen LogP contribution in [0.25, 0.3) is 0 Å². The lowest BCUT2D eigenvalue weighted by Gasteiger charge is -2.12. The second-order valence-electron chi connectivity index (χ2n) is 3.88. The molecule has 0 spiro atoms. The van der Waals surface area contributed by atoms with Gasteiger partial charge in [0, 0.05) is 10.7 Å². The van der Waals surface area contributed by atoms with Gasteiger partial charge >= 0.3 is 6.36 Å². The summed E-state index contributed by atoms with van der Waals surface area (Å²) in [4.78, 5) is 4.15. The summed E-state index contributed by atoms with van der Waals surface area (Å²) in [5.74, 6) is -0.283. The highest BCUT2D eigenvalue weighted by Crippen LogP contribution is 2.30. The lowest BCUT2D eigenvalue weighted by molar-refractivity contribution is -0.274. The molecule has 1 aromatic heterocycles. The van der Waals surface area contributed by atoms with E-state index < -0.39 is 11.7 Å². The summed E-state index contributed by atoms with van der Waals surface area (Å²) in [5.41, 5.74) is 1.25. The second-order valence-corrected chi connectivity index (χ2v) is 5.23. The fourth-order valence-corrected chi connectivity index (χ4v) is 2.06. The van der Waals surface area contributed by atoms with Crippen LogP contribution in [0.5, 0.6) is 5.75 Å². The van der Waals surface area contributed by atoms with Gasteiger partial charge < -0.3 is 4.74 Å². The Kier molecular flexibility index (Phi) is 4.55. The molecule has 1 unspecified atom stereocenters. The number of benzene rings is 1. The lowest BCUT2D eigenvalue weighted by atomic mass is 10.1. The molecule has 2 aromatic rings. The number of hydrogen-bond donors (Lipinski definition) is 0. The molecule has 0 aliphatic heterocycles. The van der Waals surface area contributed by atoms with E-state index in [1.54, 1.807) is 18.3 Å². The van der Waals surface area contributed by atoms with E-state index >= 15 is 0 Å². The van der Waals surface area contributed by atoms with Crippen LogP contribution in [0.1, 0.15) is 16.6 Å². The number of ether oxygens (including phenoxy) is 1. The fourth-order valence-electron chi connectivity index (χ4n) is 1.55. The SMILES string of the molecule is FC(F)(F)Oc1ccc(C(Cl)c2ccc(Br)cn2)cc1. The summed E-state index contributed by atoms with van der Waals surface area (Å²) in [6.07, 6.45) is -3.10. The first-order valence-electron chi connectivity index (χ1n) is 5.46. The molecule has 0 aliphatic carbocycles. The zero-order chi connectivity index (χ0) is 14.8. The van der Waals surface area contributed by atoms with Gasteiger partial charge in [-0.3, -0.25) is 4.98 Å². The first-order valence-corrected chi connectivity index (χ1v) is 6.69. The number of rotatable bonds is 3. The average Bonchev–Trinajstić information content (AvgIpc) is 2.38. The van der Waals surface area contributed by atoms with Crippen LogP contribution >= 0.6 is 27.5 Å². The minimum Gasteiger partial charge on any atom is -0.406 e. The largest absolute Gasteiger partial charge is 0.573 e. The molecule has 2 nitrogen and oxygen atoms in total. The third-order valence-electron chi connectivity index (χ3n) is 2.42. The molecule has 0 aliphatic rings. The quantitative estimate of drug-likeness (QED) is 0.708. The molecule has 0 N–H and O–H groups in total. The number of pyridine rings is 1. The maximum absolute atomic E-state index is 12.0. The van der Waals surface area contributed by atoms with Gasteiger partial charge in [-0.15, -0.1) is 24.8 Å². The number of aromatic nitrogens is 1. The summed E-state index contributed by atoms with van der Waals surface area (Å²) in [7, 11) is 0. The van der Waals surface area contributed by atoms with Gasteiger partial charge in [0.1, 0.15) is 11.1 Å². The van der Waals surface area contributed by atoms with Crippen molar-refractivity contribution >= 4 is 27.5 Å². The smallest absolute Gasteiger partial charge is 0.406 e. The Morgan fingerprint density at radius 3 is 2.25 bits per heavy atom. The van der Waals surface area contributed by atoms with Crippen LogP contribution in [0.2, 0.25) is 0 Å². The molecule has 1 heterocycles. The van der Waals surface area contributed by atoms with E-state index in [4.69, 9.17) is 11.6 Å². The van der Waals surface area contributed by atoms with Crippen molar-refractivity contribution in [3.63, 3.8) is 0 Å². The van der Waals surface area contributed by atoms with Crippen LogP contribution in [0.4, 0.5) is 13.2 Å². The number of hydrogen-bond acceptors (Lipinski definition) is 2. The van der Waals surface area contributed by atoms with Crippen molar-refractivity contribution in [2.45, 2.75) is 11.7 Å². The van der Waals surface area contributed by atoms with E-state index in [-0.39, 0.29) is 5.75 Å². The lowest BCUT2D eigenvalue weighted by Crippen LogP contribution is -2.17. The van der Waals surface area contributed by atoms with E-state index in [2.05, 4.69) is 25.7 Å². The standard InChI is InChI=1S/C13H8BrClF3NO/c14-9-3-6-11(19-7-9)12(15)8-1-4-10(5-2-8)20-13(16,17)18/h1-7,12H. The van der Waals surface area contributed by atoms with E-state index in [1.165, 1.54) is 24.3 Å². The van der Waals surface area contributed by atoms with Crippen molar-refractivity contribution in [1.82, 2.24) is 4.98 Å². The normalized spacial score (nSPS) is 13.1. The van der Waals surface area contributed by atoms with E-state index in [0.29, 0.717) is 11.3 Å². The molecule has 1 aromatic carbocycles. The first kappa shape index (κ1) is 15.1. The molecule has 7 heteroatoms. The summed E-state index contributed by atoms with van der Waals surface area (Å²) < 4.78 is 40.7. The fraction of sp³-hybridized carbons (Fsp3) is 0.154. The van der Waals surface area contributed by atoms with E-state index in [9.17, 15) is 13.2 Å². The molecule has 1 atom stereocenters. The number of nitrogens with zero attached hydrogens (tertiary/aromatic N) is 1. The zero-order valence-electron chi connectivity index (χ0n) is 9.86. The predicted molar refractivity (Wildman–Crippen MR) is 72.8 cm³/mol. The third kappa shape index (κ3) is 4.11. The van der Waals surface area contributed by atoms with Gasteiger partial charge in [0.05, 0.1) is 5.69 Å². The molecule has 0 fully saturated rings. The highest BCUT2D eigenvalue weighted by Gasteiger charge is 2.31. The molecule has 0 amide bonds. The van der Waals surface area contributed by atoms with Crippen LogP contribution in [-0.2, 0) is 0 Å². The van der Waals surface area contributed by atoms with Crippen LogP contribution in [-0.4, -0.2) is 11.3 Å². The summed E-state index contributed by atoms with van der Waals surface area (Å²) in [5, 5.41) is -0.539. The highest BCUT2D eigenvalue weighted by atomic mass is 79.9.